The first-order chi connectivity index (χ1) is 11.8. The number of quaternary nitrogens is 1. The van der Waals surface area contributed by atoms with Gasteiger partial charge in [-0.05, 0) is 37.8 Å². The van der Waals surface area contributed by atoms with Crippen LogP contribution < -0.4 is 10.5 Å². The van der Waals surface area contributed by atoms with Gasteiger partial charge in [-0.25, -0.2) is 4.98 Å². The Morgan fingerprint density at radius 2 is 2.00 bits per heavy atom. The van der Waals surface area contributed by atoms with Gasteiger partial charge in [-0.1, -0.05) is 37.2 Å². The number of nitrogens with one attached hydrogen (secondary N) is 1. The maximum absolute atomic E-state index is 12.8. The molecule has 2 heterocycles. The summed E-state index contributed by atoms with van der Waals surface area (Å²) in [7, 11) is 0. The number of benzene rings is 1. The van der Waals surface area contributed by atoms with Crippen molar-refractivity contribution in [3.8, 4) is 0 Å². The maximum atomic E-state index is 12.8. The number of aromatic nitrogens is 2. The van der Waals surface area contributed by atoms with Gasteiger partial charge in [-0.3, -0.25) is 9.36 Å². The molecule has 0 saturated carbocycles. The zero-order chi connectivity index (χ0) is 16.8. The van der Waals surface area contributed by atoms with E-state index in [0.29, 0.717) is 0 Å². The third kappa shape index (κ3) is 4.19. The summed E-state index contributed by atoms with van der Waals surface area (Å²) in [6.07, 6.45) is 6.20. The lowest BCUT2D eigenvalue weighted by molar-refractivity contribution is -0.902. The molecule has 1 fully saturated rings. The summed E-state index contributed by atoms with van der Waals surface area (Å²) >= 11 is 1.75. The van der Waals surface area contributed by atoms with Crippen molar-refractivity contribution in [3.05, 3.63) is 34.6 Å². The summed E-state index contributed by atoms with van der Waals surface area (Å²) in [6.45, 7) is 6.70. The van der Waals surface area contributed by atoms with Crippen LogP contribution in [0.2, 0.25) is 0 Å². The summed E-state index contributed by atoms with van der Waals surface area (Å²) in [5.74, 6) is 1.03. The molecule has 1 aliphatic heterocycles. The quantitative estimate of drug-likeness (QED) is 0.618. The van der Waals surface area contributed by atoms with E-state index in [-0.39, 0.29) is 5.56 Å². The maximum Gasteiger partial charge on any atom is 0.262 e. The van der Waals surface area contributed by atoms with Gasteiger partial charge in [0.1, 0.15) is 0 Å². The molecule has 1 aliphatic rings. The smallest absolute Gasteiger partial charge is 0.262 e. The van der Waals surface area contributed by atoms with Gasteiger partial charge in [-0.15, -0.1) is 0 Å². The van der Waals surface area contributed by atoms with Crippen LogP contribution in [0.25, 0.3) is 10.9 Å². The Kier molecular flexibility index (Phi) is 6.32. The number of para-hydroxylation sites is 1. The molecule has 0 spiro atoms. The highest BCUT2D eigenvalue weighted by molar-refractivity contribution is 7.99. The van der Waals surface area contributed by atoms with Crippen molar-refractivity contribution in [2.45, 2.75) is 50.7 Å². The van der Waals surface area contributed by atoms with Gasteiger partial charge in [0.25, 0.3) is 5.56 Å². The largest absolute Gasteiger partial charge is 0.334 e. The van der Waals surface area contributed by atoms with Crippen LogP contribution in [0.15, 0.2) is 34.2 Å². The Labute approximate surface area is 148 Å². The minimum absolute atomic E-state index is 0.113. The first-order valence-electron chi connectivity index (χ1n) is 9.25. The monoisotopic (exact) mass is 346 g/mol. The molecule has 4 nitrogen and oxygen atoms in total. The molecule has 1 aromatic carbocycles. The standard InChI is InChI=1S/C19H27N3OS/c1-2-3-13-22-18(23)16-9-5-6-10-17(16)20-19(22)24-15-14-21-11-7-4-8-12-21/h5-6,9-10H,2-4,7-8,11-15H2,1H3/p+1. The number of nitrogens with zero attached hydrogens (tertiary/aromatic N) is 2. The molecular formula is C19H28N3OS+. The molecule has 0 aliphatic carbocycles. The molecule has 1 saturated heterocycles. The highest BCUT2D eigenvalue weighted by Crippen LogP contribution is 2.17. The number of fused-ring (bicyclic) bond motifs is 1. The van der Waals surface area contributed by atoms with E-state index >= 15 is 0 Å². The molecule has 0 unspecified atom stereocenters. The van der Waals surface area contributed by atoms with Crippen molar-refractivity contribution < 1.29 is 4.90 Å². The SMILES string of the molecule is CCCCn1c(SCC[NH+]2CCCCC2)nc2ccccc2c1=O. The molecule has 0 radical (unpaired) electrons. The van der Waals surface area contributed by atoms with Crippen LogP contribution in [0.3, 0.4) is 0 Å². The number of likely N-dealkylation sites (tertiary alicyclic amines) is 1. The zero-order valence-electron chi connectivity index (χ0n) is 14.6. The second-order valence-corrected chi connectivity index (χ2v) is 7.69. The molecule has 0 bridgehead atoms. The average Bonchev–Trinajstić information content (AvgIpc) is 2.62. The molecule has 0 amide bonds. The third-order valence-corrected chi connectivity index (χ3v) is 5.79. The average molecular weight is 347 g/mol. The van der Waals surface area contributed by atoms with Gasteiger partial charge >= 0.3 is 0 Å². The van der Waals surface area contributed by atoms with E-state index in [1.54, 1.807) is 16.7 Å². The second kappa shape index (κ2) is 8.67. The van der Waals surface area contributed by atoms with Crippen molar-refractivity contribution in [3.63, 3.8) is 0 Å². The number of piperidine rings is 1. The van der Waals surface area contributed by atoms with Crippen molar-refractivity contribution in [1.29, 1.82) is 0 Å². The molecule has 3 rings (SSSR count). The second-order valence-electron chi connectivity index (χ2n) is 6.63. The minimum Gasteiger partial charge on any atom is -0.334 e. The summed E-state index contributed by atoms with van der Waals surface area (Å²) in [6, 6.07) is 7.71. The molecule has 5 heteroatoms. The summed E-state index contributed by atoms with van der Waals surface area (Å²) in [5, 5.41) is 1.63. The van der Waals surface area contributed by atoms with Gasteiger partial charge in [-0.2, -0.15) is 0 Å². The van der Waals surface area contributed by atoms with Gasteiger partial charge in [0.2, 0.25) is 0 Å². The Morgan fingerprint density at radius 3 is 2.79 bits per heavy atom. The Balaban J connectivity index is 1.77. The highest BCUT2D eigenvalue weighted by atomic mass is 32.2. The fraction of sp³-hybridized carbons (Fsp3) is 0.579. The first kappa shape index (κ1) is 17.5. The lowest BCUT2D eigenvalue weighted by Gasteiger charge is -2.23. The molecular weight excluding hydrogens is 318 g/mol. The highest BCUT2D eigenvalue weighted by Gasteiger charge is 2.15. The van der Waals surface area contributed by atoms with Crippen molar-refractivity contribution >= 4 is 22.7 Å². The fourth-order valence-corrected chi connectivity index (χ4v) is 4.43. The molecule has 1 aromatic heterocycles. The number of hydrogen-bond donors (Lipinski definition) is 1. The number of rotatable bonds is 7. The predicted molar refractivity (Wildman–Crippen MR) is 101 cm³/mol. The Morgan fingerprint density at radius 1 is 1.21 bits per heavy atom. The van der Waals surface area contributed by atoms with Crippen molar-refractivity contribution in [1.82, 2.24) is 9.55 Å². The third-order valence-electron chi connectivity index (χ3n) is 4.81. The molecule has 0 atom stereocenters. The Bertz CT molecular complexity index is 722. The molecule has 1 N–H and O–H groups in total. The van der Waals surface area contributed by atoms with E-state index in [4.69, 9.17) is 4.98 Å². The lowest BCUT2D eigenvalue weighted by Crippen LogP contribution is -3.13. The molecule has 130 valence electrons. The predicted octanol–water partition coefficient (Wildman–Crippen LogP) is 2.36. The summed E-state index contributed by atoms with van der Waals surface area (Å²) in [4.78, 5) is 19.3. The van der Waals surface area contributed by atoms with E-state index in [2.05, 4.69) is 6.92 Å². The summed E-state index contributed by atoms with van der Waals surface area (Å²) < 4.78 is 1.89. The zero-order valence-corrected chi connectivity index (χ0v) is 15.4. The van der Waals surface area contributed by atoms with Crippen LogP contribution >= 0.6 is 11.8 Å². The minimum atomic E-state index is 0.113. The van der Waals surface area contributed by atoms with Crippen LogP contribution in [-0.2, 0) is 6.54 Å². The van der Waals surface area contributed by atoms with Gasteiger partial charge in [0.15, 0.2) is 5.16 Å². The van der Waals surface area contributed by atoms with Gasteiger partial charge in [0, 0.05) is 6.54 Å². The lowest BCUT2D eigenvalue weighted by atomic mass is 10.1. The van der Waals surface area contributed by atoms with E-state index in [0.717, 1.165) is 41.2 Å². The van der Waals surface area contributed by atoms with Crippen LogP contribution in [0.4, 0.5) is 0 Å². The van der Waals surface area contributed by atoms with Crippen molar-refractivity contribution in [2.24, 2.45) is 0 Å². The van der Waals surface area contributed by atoms with E-state index in [1.165, 1.54) is 38.9 Å². The van der Waals surface area contributed by atoms with E-state index < -0.39 is 0 Å². The first-order valence-corrected chi connectivity index (χ1v) is 10.2. The molecule has 2 aromatic rings. The van der Waals surface area contributed by atoms with Gasteiger partial charge in [0.05, 0.1) is 36.3 Å². The van der Waals surface area contributed by atoms with Gasteiger partial charge < -0.3 is 4.90 Å². The van der Waals surface area contributed by atoms with Crippen LogP contribution in [0.1, 0.15) is 39.0 Å². The molecule has 24 heavy (non-hydrogen) atoms. The Hall–Kier alpha value is -1.33. The number of thioether (sulfide) groups is 1. The van der Waals surface area contributed by atoms with Crippen LogP contribution in [0.5, 0.6) is 0 Å². The van der Waals surface area contributed by atoms with Crippen LogP contribution in [0, 0.1) is 0 Å². The number of hydrogen-bond acceptors (Lipinski definition) is 3. The fourth-order valence-electron chi connectivity index (χ4n) is 3.36. The van der Waals surface area contributed by atoms with Crippen molar-refractivity contribution in [2.75, 3.05) is 25.4 Å². The van der Waals surface area contributed by atoms with E-state index in [1.807, 2.05) is 28.8 Å². The normalized spacial score (nSPS) is 15.9. The van der Waals surface area contributed by atoms with Crippen LogP contribution in [-0.4, -0.2) is 34.9 Å². The van der Waals surface area contributed by atoms with E-state index in [9.17, 15) is 4.79 Å². The summed E-state index contributed by atoms with van der Waals surface area (Å²) in [5.41, 5.74) is 0.935. The number of unbranched alkanes of at least 4 members (excludes halogenated alkanes) is 1. The topological polar surface area (TPSA) is 39.3 Å².